The van der Waals surface area contributed by atoms with Crippen molar-refractivity contribution in [1.82, 2.24) is 0 Å². The highest BCUT2D eigenvalue weighted by atomic mass is 14.4. The predicted molar refractivity (Wildman–Crippen MR) is 118 cm³/mol. The van der Waals surface area contributed by atoms with E-state index in [1.807, 2.05) is 0 Å². The van der Waals surface area contributed by atoms with E-state index in [1.54, 1.807) is 70.6 Å². The topological polar surface area (TPSA) is 0 Å². The Kier molecular flexibility index (Phi) is 6.92. The van der Waals surface area contributed by atoms with Crippen molar-refractivity contribution in [3.63, 3.8) is 0 Å². The van der Waals surface area contributed by atoms with Gasteiger partial charge in [0.15, 0.2) is 0 Å². The Balaban J connectivity index is 1.22. The Bertz CT molecular complexity index is 429. The van der Waals surface area contributed by atoms with Gasteiger partial charge in [-0.2, -0.15) is 0 Å². The summed E-state index contributed by atoms with van der Waals surface area (Å²) in [5, 5.41) is 0. The molecule has 0 heterocycles. The molecule has 3 unspecified atom stereocenters. The first-order valence-corrected chi connectivity index (χ1v) is 13.1. The van der Waals surface area contributed by atoms with Crippen molar-refractivity contribution < 1.29 is 0 Å². The van der Waals surface area contributed by atoms with E-state index in [1.165, 1.54) is 25.7 Å². The summed E-state index contributed by atoms with van der Waals surface area (Å²) in [6, 6.07) is 0. The maximum atomic E-state index is 2.63. The Morgan fingerprint density at radius 2 is 0.741 bits per heavy atom. The van der Waals surface area contributed by atoms with E-state index in [4.69, 9.17) is 0 Å². The molecule has 4 rings (SSSR count). The van der Waals surface area contributed by atoms with Gasteiger partial charge < -0.3 is 0 Å². The number of hydrogen-bond donors (Lipinski definition) is 0. The molecule has 0 aromatic carbocycles. The number of rotatable bonds is 3. The first-order chi connectivity index (χ1) is 13.1. The fraction of sp³-hybridized carbons (Fsp3) is 1.00. The van der Waals surface area contributed by atoms with Crippen LogP contribution < -0.4 is 0 Å². The van der Waals surface area contributed by atoms with E-state index in [2.05, 4.69) is 20.8 Å². The molecule has 0 amide bonds. The first-order valence-electron chi connectivity index (χ1n) is 13.1. The fourth-order valence-electron chi connectivity index (χ4n) is 8.15. The molecule has 4 fully saturated rings. The Labute approximate surface area is 170 Å². The third-order valence-corrected chi connectivity index (χ3v) is 10.2. The molecule has 0 radical (unpaired) electrons. The minimum atomic E-state index is 1.01. The summed E-state index contributed by atoms with van der Waals surface area (Å²) >= 11 is 0. The van der Waals surface area contributed by atoms with E-state index in [9.17, 15) is 0 Å². The lowest BCUT2D eigenvalue weighted by atomic mass is 9.60. The van der Waals surface area contributed by atoms with Gasteiger partial charge in [-0.05, 0) is 124 Å². The molecule has 0 saturated heterocycles. The zero-order valence-corrected chi connectivity index (χ0v) is 18.8. The van der Waals surface area contributed by atoms with Gasteiger partial charge in [0.1, 0.15) is 0 Å². The van der Waals surface area contributed by atoms with Gasteiger partial charge >= 0.3 is 0 Å². The molecule has 0 aromatic rings. The van der Waals surface area contributed by atoms with Crippen LogP contribution in [0, 0.1) is 53.3 Å². The van der Waals surface area contributed by atoms with Crippen LogP contribution in [0.2, 0.25) is 0 Å². The second kappa shape index (κ2) is 9.21. The monoisotopic (exact) mass is 372 g/mol. The summed E-state index contributed by atoms with van der Waals surface area (Å²) in [5.41, 5.74) is 0. The van der Waals surface area contributed by atoms with Crippen LogP contribution in [0.1, 0.15) is 117 Å². The average molecular weight is 373 g/mol. The fourth-order valence-corrected chi connectivity index (χ4v) is 8.15. The van der Waals surface area contributed by atoms with E-state index in [-0.39, 0.29) is 0 Å². The highest BCUT2D eigenvalue weighted by molar-refractivity contribution is 4.89. The summed E-state index contributed by atoms with van der Waals surface area (Å²) in [6.45, 7) is 7.57. The summed E-state index contributed by atoms with van der Waals surface area (Å²) in [6.07, 6.45) is 23.3. The largest absolute Gasteiger partial charge is 0.0625 e. The van der Waals surface area contributed by atoms with Gasteiger partial charge in [-0.1, -0.05) is 46.5 Å². The molecular weight excluding hydrogens is 324 g/mol. The molecule has 0 heteroatoms. The van der Waals surface area contributed by atoms with Crippen LogP contribution >= 0.6 is 0 Å². The molecule has 156 valence electrons. The molecule has 4 aliphatic rings. The van der Waals surface area contributed by atoms with Gasteiger partial charge in [0.25, 0.3) is 0 Å². The van der Waals surface area contributed by atoms with Crippen molar-refractivity contribution in [2.75, 3.05) is 0 Å². The van der Waals surface area contributed by atoms with E-state index >= 15 is 0 Å². The zero-order chi connectivity index (χ0) is 18.8. The Hall–Kier alpha value is 0. The molecule has 0 bridgehead atoms. The van der Waals surface area contributed by atoms with Gasteiger partial charge in [0.05, 0.1) is 0 Å². The molecule has 0 spiro atoms. The normalized spacial score (nSPS) is 49.7. The third kappa shape index (κ3) is 4.95. The van der Waals surface area contributed by atoms with Crippen molar-refractivity contribution in [3.05, 3.63) is 0 Å². The Morgan fingerprint density at radius 3 is 1.22 bits per heavy atom. The van der Waals surface area contributed by atoms with Crippen LogP contribution in [0.3, 0.4) is 0 Å². The van der Waals surface area contributed by atoms with Gasteiger partial charge in [-0.3, -0.25) is 0 Å². The Morgan fingerprint density at radius 1 is 0.370 bits per heavy atom. The molecule has 4 aliphatic carbocycles. The van der Waals surface area contributed by atoms with Crippen LogP contribution in [0.25, 0.3) is 0 Å². The van der Waals surface area contributed by atoms with Crippen molar-refractivity contribution >= 4 is 0 Å². The highest BCUT2D eigenvalue weighted by Crippen LogP contribution is 2.49. The van der Waals surface area contributed by atoms with Gasteiger partial charge in [-0.25, -0.2) is 0 Å². The maximum Gasteiger partial charge on any atom is -0.0360 e. The second-order valence-corrected chi connectivity index (χ2v) is 11.9. The van der Waals surface area contributed by atoms with Crippen LogP contribution in [-0.2, 0) is 0 Å². The van der Waals surface area contributed by atoms with E-state index in [0.29, 0.717) is 0 Å². The lowest BCUT2D eigenvalue weighted by Crippen LogP contribution is -2.35. The SMILES string of the molecule is CC1CCC(C2CCC(C3CCC(C4CCC(C)CC4)C(C)C3)CC2)CC1. The molecule has 0 aliphatic heterocycles. The van der Waals surface area contributed by atoms with Crippen molar-refractivity contribution in [2.24, 2.45) is 53.3 Å². The average Bonchev–Trinajstić information content (AvgIpc) is 2.69. The van der Waals surface area contributed by atoms with E-state index < -0.39 is 0 Å². The number of hydrogen-bond acceptors (Lipinski definition) is 0. The van der Waals surface area contributed by atoms with Crippen LogP contribution in [-0.4, -0.2) is 0 Å². The molecule has 0 N–H and O–H groups in total. The van der Waals surface area contributed by atoms with Crippen molar-refractivity contribution in [3.8, 4) is 0 Å². The van der Waals surface area contributed by atoms with Crippen LogP contribution in [0.4, 0.5) is 0 Å². The maximum absolute atomic E-state index is 2.63. The molecular formula is C27H48. The minimum absolute atomic E-state index is 1.01. The molecule has 4 saturated carbocycles. The highest BCUT2D eigenvalue weighted by Gasteiger charge is 2.38. The van der Waals surface area contributed by atoms with Crippen LogP contribution in [0.15, 0.2) is 0 Å². The zero-order valence-electron chi connectivity index (χ0n) is 18.8. The smallest absolute Gasteiger partial charge is 0.0360 e. The van der Waals surface area contributed by atoms with Gasteiger partial charge in [-0.15, -0.1) is 0 Å². The lowest BCUT2D eigenvalue weighted by molar-refractivity contribution is 0.0559. The third-order valence-electron chi connectivity index (χ3n) is 10.2. The molecule has 0 nitrogen and oxygen atoms in total. The first kappa shape index (κ1) is 20.3. The standard InChI is InChI=1S/C27H48/c1-19-4-8-22(9-5-19)23-12-14-24(15-13-23)26-16-17-27(21(3)18-26)25-10-6-20(2)7-11-25/h19-27H,4-18H2,1-3H3. The molecule has 3 atom stereocenters. The van der Waals surface area contributed by atoms with Crippen molar-refractivity contribution in [2.45, 2.75) is 117 Å². The van der Waals surface area contributed by atoms with Crippen molar-refractivity contribution in [1.29, 1.82) is 0 Å². The summed E-state index contributed by atoms with van der Waals surface area (Å²) < 4.78 is 0. The summed E-state index contributed by atoms with van der Waals surface area (Å²) in [4.78, 5) is 0. The van der Waals surface area contributed by atoms with Gasteiger partial charge in [0, 0.05) is 0 Å². The lowest BCUT2D eigenvalue weighted by Gasteiger charge is -2.45. The van der Waals surface area contributed by atoms with Crippen LogP contribution in [0.5, 0.6) is 0 Å². The quantitative estimate of drug-likeness (QED) is 0.466. The molecule has 27 heavy (non-hydrogen) atoms. The molecule has 0 aromatic heterocycles. The second-order valence-electron chi connectivity index (χ2n) is 11.9. The summed E-state index contributed by atoms with van der Waals surface area (Å²) in [7, 11) is 0. The predicted octanol–water partition coefficient (Wildman–Crippen LogP) is 8.50. The summed E-state index contributed by atoms with van der Waals surface area (Å²) in [5.74, 6) is 9.59. The van der Waals surface area contributed by atoms with Gasteiger partial charge in [0.2, 0.25) is 0 Å². The minimum Gasteiger partial charge on any atom is -0.0625 e. The van der Waals surface area contributed by atoms with E-state index in [0.717, 1.165) is 53.3 Å².